The van der Waals surface area contributed by atoms with Gasteiger partial charge < -0.3 is 0 Å². The fourth-order valence-corrected chi connectivity index (χ4v) is 3.96. The molecule has 3 unspecified atom stereocenters. The molecule has 4 atom stereocenters. The molecule has 0 bridgehead atoms. The Kier molecular flexibility index (Phi) is 5.39. The van der Waals surface area contributed by atoms with Crippen LogP contribution in [-0.2, 0) is 15.3 Å². The molecule has 0 heterocycles. The number of benzene rings is 1. The summed E-state index contributed by atoms with van der Waals surface area (Å²) in [5.74, 6) is 1.79. The highest BCUT2D eigenvalue weighted by Crippen LogP contribution is 2.36. The summed E-state index contributed by atoms with van der Waals surface area (Å²) >= 11 is -1.34. The van der Waals surface area contributed by atoms with Crippen LogP contribution in [0.1, 0.15) is 45.6 Å². The lowest BCUT2D eigenvalue weighted by atomic mass is 9.75. The topological polar surface area (TPSA) is 26.3 Å². The largest absolute Gasteiger partial charge is 0.283 e. The normalized spacial score (nSPS) is 28.6. The lowest BCUT2D eigenvalue weighted by molar-refractivity contribution is 0.0567. The number of aryl methyl sites for hydroxylation is 1. The van der Waals surface area contributed by atoms with E-state index in [1.807, 2.05) is 31.2 Å². The van der Waals surface area contributed by atoms with E-state index in [9.17, 15) is 4.21 Å². The number of rotatable bonds is 4. The van der Waals surface area contributed by atoms with E-state index in [0.717, 1.165) is 11.3 Å². The lowest BCUT2D eigenvalue weighted by Gasteiger charge is -2.36. The van der Waals surface area contributed by atoms with Crippen molar-refractivity contribution in [1.29, 1.82) is 0 Å². The van der Waals surface area contributed by atoms with Crippen molar-refractivity contribution in [2.45, 2.75) is 58.0 Å². The Bertz CT molecular complexity index is 453. The minimum Gasteiger partial charge on any atom is -0.283 e. The van der Waals surface area contributed by atoms with Gasteiger partial charge in [-0.3, -0.25) is 4.18 Å². The Labute approximate surface area is 125 Å². The van der Waals surface area contributed by atoms with E-state index < -0.39 is 11.1 Å². The molecule has 0 spiro atoms. The van der Waals surface area contributed by atoms with Gasteiger partial charge in [-0.25, -0.2) is 4.21 Å². The second kappa shape index (κ2) is 6.86. The van der Waals surface area contributed by atoms with Crippen molar-refractivity contribution in [3.8, 4) is 0 Å². The fourth-order valence-electron chi connectivity index (χ4n) is 3.04. The van der Waals surface area contributed by atoms with Crippen LogP contribution in [0.15, 0.2) is 29.2 Å². The maximum absolute atomic E-state index is 12.4. The molecule has 2 nitrogen and oxygen atoms in total. The molecule has 1 aromatic rings. The number of hydrogen-bond acceptors (Lipinski definition) is 2. The first kappa shape index (κ1) is 15.7. The van der Waals surface area contributed by atoms with Gasteiger partial charge in [0.25, 0.3) is 0 Å². The highest BCUT2D eigenvalue weighted by Gasteiger charge is 2.33. The summed E-state index contributed by atoms with van der Waals surface area (Å²) in [6, 6.07) is 7.78. The van der Waals surface area contributed by atoms with E-state index >= 15 is 0 Å². The highest BCUT2D eigenvalue weighted by molar-refractivity contribution is 7.80. The first-order valence-corrected chi connectivity index (χ1v) is 8.70. The SMILES string of the molecule is Cc1ccc([S@](=O)OC2CC(C)CCC2C(C)C)cc1. The third kappa shape index (κ3) is 3.92. The fraction of sp³-hybridized carbons (Fsp3) is 0.647. The van der Waals surface area contributed by atoms with Crippen LogP contribution in [0.5, 0.6) is 0 Å². The van der Waals surface area contributed by atoms with Gasteiger partial charge in [0.1, 0.15) is 0 Å². The molecule has 1 fully saturated rings. The first-order valence-electron chi connectivity index (χ1n) is 7.63. The molecule has 1 aliphatic rings. The Hall–Kier alpha value is -0.670. The standard InChI is InChI=1S/C17H26O2S/c1-12(2)16-10-7-14(4)11-17(16)19-20(18)15-8-5-13(3)6-9-15/h5-6,8-9,12,14,16-17H,7,10-11H2,1-4H3/t14?,16?,17?,20-/m1/s1. The van der Waals surface area contributed by atoms with Crippen LogP contribution in [-0.4, -0.2) is 10.3 Å². The molecule has 0 saturated heterocycles. The third-order valence-corrected chi connectivity index (χ3v) is 5.46. The molecule has 1 aromatic carbocycles. The summed E-state index contributed by atoms with van der Waals surface area (Å²) in [7, 11) is 0. The van der Waals surface area contributed by atoms with Gasteiger partial charge in [-0.1, -0.05) is 44.9 Å². The Morgan fingerprint density at radius 1 is 1.20 bits per heavy atom. The first-order chi connectivity index (χ1) is 9.47. The molecular weight excluding hydrogens is 268 g/mol. The highest BCUT2D eigenvalue weighted by atomic mass is 32.2. The van der Waals surface area contributed by atoms with E-state index in [0.29, 0.717) is 17.8 Å². The Morgan fingerprint density at radius 3 is 2.45 bits per heavy atom. The molecule has 0 N–H and O–H groups in total. The van der Waals surface area contributed by atoms with Crippen LogP contribution in [0.4, 0.5) is 0 Å². The van der Waals surface area contributed by atoms with Gasteiger partial charge in [-0.2, -0.15) is 0 Å². The van der Waals surface area contributed by atoms with E-state index in [1.54, 1.807) is 0 Å². The molecule has 0 amide bonds. The van der Waals surface area contributed by atoms with Gasteiger partial charge >= 0.3 is 0 Å². The molecule has 0 radical (unpaired) electrons. The van der Waals surface area contributed by atoms with Crippen LogP contribution < -0.4 is 0 Å². The van der Waals surface area contributed by atoms with Gasteiger partial charge in [0.05, 0.1) is 11.0 Å². The average Bonchev–Trinajstić information content (AvgIpc) is 2.39. The van der Waals surface area contributed by atoms with Crippen LogP contribution in [0.25, 0.3) is 0 Å². The van der Waals surface area contributed by atoms with Gasteiger partial charge in [0, 0.05) is 0 Å². The van der Waals surface area contributed by atoms with E-state index in [1.165, 1.54) is 18.4 Å². The summed E-state index contributed by atoms with van der Waals surface area (Å²) in [4.78, 5) is 0.774. The molecule has 1 saturated carbocycles. The molecule has 1 aliphatic carbocycles. The minimum absolute atomic E-state index is 0.126. The van der Waals surface area contributed by atoms with Gasteiger partial charge in [0.2, 0.25) is 0 Å². The second-order valence-electron chi connectivity index (χ2n) is 6.51. The maximum atomic E-state index is 12.4. The minimum atomic E-state index is -1.34. The van der Waals surface area contributed by atoms with Crippen molar-refractivity contribution in [2.75, 3.05) is 0 Å². The summed E-state index contributed by atoms with van der Waals surface area (Å²) in [5.41, 5.74) is 1.18. The second-order valence-corrected chi connectivity index (χ2v) is 7.64. The third-order valence-electron chi connectivity index (χ3n) is 4.39. The van der Waals surface area contributed by atoms with Crippen LogP contribution in [0.3, 0.4) is 0 Å². The summed E-state index contributed by atoms with van der Waals surface area (Å²) in [5, 5.41) is 0. The monoisotopic (exact) mass is 294 g/mol. The van der Waals surface area contributed by atoms with E-state index in [2.05, 4.69) is 20.8 Å². The van der Waals surface area contributed by atoms with Gasteiger partial charge in [-0.05, 0) is 49.7 Å². The Morgan fingerprint density at radius 2 is 1.85 bits per heavy atom. The molecular formula is C17H26O2S. The van der Waals surface area contributed by atoms with E-state index in [-0.39, 0.29) is 6.10 Å². The maximum Gasteiger partial charge on any atom is 0.189 e. The molecule has 2 rings (SSSR count). The van der Waals surface area contributed by atoms with Crippen molar-refractivity contribution >= 4 is 11.1 Å². The van der Waals surface area contributed by atoms with Crippen LogP contribution in [0, 0.1) is 24.7 Å². The van der Waals surface area contributed by atoms with Crippen molar-refractivity contribution in [2.24, 2.45) is 17.8 Å². The zero-order valence-corrected chi connectivity index (χ0v) is 13.8. The molecule has 0 aliphatic heterocycles. The average molecular weight is 294 g/mol. The molecule has 112 valence electrons. The summed E-state index contributed by atoms with van der Waals surface area (Å²) < 4.78 is 18.3. The summed E-state index contributed by atoms with van der Waals surface area (Å²) in [6.45, 7) is 8.78. The van der Waals surface area contributed by atoms with Crippen molar-refractivity contribution < 1.29 is 8.39 Å². The van der Waals surface area contributed by atoms with Gasteiger partial charge in [-0.15, -0.1) is 0 Å². The zero-order chi connectivity index (χ0) is 14.7. The predicted molar refractivity (Wildman–Crippen MR) is 83.8 cm³/mol. The zero-order valence-electron chi connectivity index (χ0n) is 13.0. The lowest BCUT2D eigenvalue weighted by Crippen LogP contribution is -2.34. The van der Waals surface area contributed by atoms with Crippen molar-refractivity contribution in [1.82, 2.24) is 0 Å². The molecule has 20 heavy (non-hydrogen) atoms. The van der Waals surface area contributed by atoms with Crippen LogP contribution >= 0.6 is 0 Å². The predicted octanol–water partition coefficient (Wildman–Crippen LogP) is 4.50. The number of hydrogen-bond donors (Lipinski definition) is 0. The van der Waals surface area contributed by atoms with E-state index in [4.69, 9.17) is 4.18 Å². The summed E-state index contributed by atoms with van der Waals surface area (Å²) in [6.07, 6.45) is 3.61. The van der Waals surface area contributed by atoms with Crippen LogP contribution in [0.2, 0.25) is 0 Å². The quantitative estimate of drug-likeness (QED) is 0.817. The van der Waals surface area contributed by atoms with Gasteiger partial charge in [0.15, 0.2) is 11.1 Å². The molecule has 3 heteroatoms. The molecule has 0 aromatic heterocycles. The Balaban J connectivity index is 2.05. The smallest absolute Gasteiger partial charge is 0.189 e. The van der Waals surface area contributed by atoms with Crippen molar-refractivity contribution in [3.05, 3.63) is 29.8 Å². The van der Waals surface area contributed by atoms with Crippen molar-refractivity contribution in [3.63, 3.8) is 0 Å².